The molecule has 0 aliphatic carbocycles. The Kier molecular flexibility index (Phi) is 4.09. The average molecular weight is 243 g/mol. The highest BCUT2D eigenvalue weighted by Crippen LogP contribution is 2.24. The second-order valence-corrected chi connectivity index (χ2v) is 5.01. The maximum atomic E-state index is 13.4. The van der Waals surface area contributed by atoms with Gasteiger partial charge in [0.15, 0.2) is 0 Å². The van der Waals surface area contributed by atoms with E-state index in [-0.39, 0.29) is 18.0 Å². The molecule has 0 aromatic heterocycles. The molecule has 0 bridgehead atoms. The van der Waals surface area contributed by atoms with Gasteiger partial charge in [-0.2, -0.15) is 0 Å². The summed E-state index contributed by atoms with van der Waals surface area (Å²) in [6.07, 6.45) is 0.848. The van der Waals surface area contributed by atoms with Gasteiger partial charge in [-0.15, -0.1) is 0 Å². The van der Waals surface area contributed by atoms with Crippen LogP contribution in [0, 0.1) is 11.2 Å². The molecule has 0 amide bonds. The zero-order valence-corrected chi connectivity index (χ0v) is 10.6. The van der Waals surface area contributed by atoms with Crippen molar-refractivity contribution in [3.05, 3.63) is 34.6 Å². The van der Waals surface area contributed by atoms with E-state index in [1.165, 1.54) is 18.2 Å². The minimum atomic E-state index is -0.408. The van der Waals surface area contributed by atoms with Crippen LogP contribution < -0.4 is 0 Å². The van der Waals surface area contributed by atoms with Crippen molar-refractivity contribution < 1.29 is 9.18 Å². The van der Waals surface area contributed by atoms with Gasteiger partial charge >= 0.3 is 0 Å². The fraction of sp³-hybridized carbons (Fsp3) is 0.462. The van der Waals surface area contributed by atoms with Gasteiger partial charge in [0.2, 0.25) is 0 Å². The Hall–Kier alpha value is -0.890. The molecule has 0 aliphatic rings. The first-order chi connectivity index (χ1) is 7.36. The van der Waals surface area contributed by atoms with Crippen LogP contribution in [0.3, 0.4) is 0 Å². The van der Waals surface area contributed by atoms with Gasteiger partial charge < -0.3 is 0 Å². The molecule has 0 unspecified atom stereocenters. The van der Waals surface area contributed by atoms with Gasteiger partial charge in [-0.1, -0.05) is 32.4 Å². The van der Waals surface area contributed by atoms with Crippen LogP contribution in [0.2, 0.25) is 5.02 Å². The van der Waals surface area contributed by atoms with Crippen LogP contribution in [0.4, 0.5) is 4.39 Å². The number of halogens is 2. The molecule has 0 N–H and O–H groups in total. The second-order valence-electron chi connectivity index (χ2n) is 4.57. The maximum Gasteiger partial charge on any atom is 0.142 e. The average Bonchev–Trinajstić information content (AvgIpc) is 2.23. The zero-order chi connectivity index (χ0) is 12.3. The summed E-state index contributed by atoms with van der Waals surface area (Å²) >= 11 is 5.77. The standard InChI is InChI=1S/C13H16ClFO/c1-4-13(2,3)12(16)8-9-7-10(14)5-6-11(9)15/h5-7H,4,8H2,1-3H3. The number of ketones is 1. The Morgan fingerprint density at radius 3 is 2.62 bits per heavy atom. The lowest BCUT2D eigenvalue weighted by molar-refractivity contribution is -0.126. The Balaban J connectivity index is 2.89. The molecule has 0 heterocycles. The van der Waals surface area contributed by atoms with E-state index >= 15 is 0 Å². The minimum absolute atomic E-state index is 0.0381. The topological polar surface area (TPSA) is 17.1 Å². The highest BCUT2D eigenvalue weighted by atomic mass is 35.5. The number of hydrogen-bond acceptors (Lipinski definition) is 1. The second kappa shape index (κ2) is 4.96. The summed E-state index contributed by atoms with van der Waals surface area (Å²) in [7, 11) is 0. The molecule has 0 radical (unpaired) electrons. The van der Waals surface area contributed by atoms with Crippen molar-refractivity contribution in [1.29, 1.82) is 0 Å². The lowest BCUT2D eigenvalue weighted by atomic mass is 9.82. The van der Waals surface area contributed by atoms with E-state index in [2.05, 4.69) is 0 Å². The molecule has 0 aliphatic heterocycles. The summed E-state index contributed by atoms with van der Waals surface area (Å²) < 4.78 is 13.4. The van der Waals surface area contributed by atoms with Crippen molar-refractivity contribution in [2.45, 2.75) is 33.6 Å². The van der Waals surface area contributed by atoms with E-state index in [0.29, 0.717) is 10.6 Å². The van der Waals surface area contributed by atoms with Crippen molar-refractivity contribution in [1.82, 2.24) is 0 Å². The molecule has 0 atom stereocenters. The number of rotatable bonds is 4. The van der Waals surface area contributed by atoms with Crippen LogP contribution in [0.25, 0.3) is 0 Å². The summed E-state index contributed by atoms with van der Waals surface area (Å²) in [5, 5.41) is 0.457. The summed E-state index contributed by atoms with van der Waals surface area (Å²) in [5.41, 5.74) is -0.0339. The van der Waals surface area contributed by atoms with Crippen molar-refractivity contribution in [3.63, 3.8) is 0 Å². The molecule has 0 saturated heterocycles. The molecule has 0 fully saturated rings. The summed E-state index contributed by atoms with van der Waals surface area (Å²) in [4.78, 5) is 11.9. The van der Waals surface area contributed by atoms with E-state index in [1.807, 2.05) is 20.8 Å². The van der Waals surface area contributed by atoms with Crippen LogP contribution >= 0.6 is 11.6 Å². The Morgan fingerprint density at radius 2 is 2.06 bits per heavy atom. The summed E-state index contributed by atoms with van der Waals surface area (Å²) in [6.45, 7) is 5.70. The predicted octanol–water partition coefficient (Wildman–Crippen LogP) is 4.03. The molecular weight excluding hydrogens is 227 g/mol. The highest BCUT2D eigenvalue weighted by molar-refractivity contribution is 6.30. The SMILES string of the molecule is CCC(C)(C)C(=O)Cc1cc(Cl)ccc1F. The van der Waals surface area contributed by atoms with E-state index in [4.69, 9.17) is 11.6 Å². The lowest BCUT2D eigenvalue weighted by Gasteiger charge is -2.20. The van der Waals surface area contributed by atoms with Crippen LogP contribution in [-0.2, 0) is 11.2 Å². The Labute approximate surface area is 101 Å². The first-order valence-electron chi connectivity index (χ1n) is 5.34. The van der Waals surface area contributed by atoms with Crippen LogP contribution in [0.1, 0.15) is 32.8 Å². The third kappa shape index (κ3) is 3.05. The molecule has 1 nitrogen and oxygen atoms in total. The quantitative estimate of drug-likeness (QED) is 0.779. The smallest absolute Gasteiger partial charge is 0.142 e. The number of Topliss-reactive ketones (excluding diaryl/α,β-unsaturated/α-hetero) is 1. The molecular formula is C13H16ClFO. The fourth-order valence-electron chi connectivity index (χ4n) is 1.29. The first-order valence-corrected chi connectivity index (χ1v) is 5.72. The van der Waals surface area contributed by atoms with Crippen molar-refractivity contribution in [2.75, 3.05) is 0 Å². The molecule has 0 spiro atoms. The molecule has 3 heteroatoms. The van der Waals surface area contributed by atoms with Gasteiger partial charge in [0.05, 0.1) is 0 Å². The van der Waals surface area contributed by atoms with E-state index in [0.717, 1.165) is 6.42 Å². The maximum absolute atomic E-state index is 13.4. The van der Waals surface area contributed by atoms with Crippen molar-refractivity contribution in [3.8, 4) is 0 Å². The first kappa shape index (κ1) is 13.2. The largest absolute Gasteiger partial charge is 0.299 e. The van der Waals surface area contributed by atoms with Gasteiger partial charge in [-0.25, -0.2) is 4.39 Å². The fourth-order valence-corrected chi connectivity index (χ4v) is 1.48. The van der Waals surface area contributed by atoms with Gasteiger partial charge in [0.1, 0.15) is 11.6 Å². The Morgan fingerprint density at radius 1 is 1.44 bits per heavy atom. The van der Waals surface area contributed by atoms with E-state index < -0.39 is 5.41 Å². The van der Waals surface area contributed by atoms with Gasteiger partial charge in [0.25, 0.3) is 0 Å². The van der Waals surface area contributed by atoms with Gasteiger partial charge in [-0.3, -0.25) is 4.79 Å². The summed E-state index contributed by atoms with van der Waals surface area (Å²) in [5.74, 6) is -0.333. The number of benzene rings is 1. The third-order valence-corrected chi connectivity index (χ3v) is 3.23. The van der Waals surface area contributed by atoms with Crippen molar-refractivity contribution in [2.24, 2.45) is 5.41 Å². The Bertz CT molecular complexity index is 399. The monoisotopic (exact) mass is 242 g/mol. The molecule has 1 aromatic carbocycles. The van der Waals surface area contributed by atoms with Crippen LogP contribution in [-0.4, -0.2) is 5.78 Å². The molecule has 0 saturated carbocycles. The minimum Gasteiger partial charge on any atom is -0.299 e. The number of carbonyl (C=O) groups is 1. The molecule has 1 aromatic rings. The zero-order valence-electron chi connectivity index (χ0n) is 9.81. The molecule has 88 valence electrons. The van der Waals surface area contributed by atoms with E-state index in [9.17, 15) is 9.18 Å². The van der Waals surface area contributed by atoms with Gasteiger partial charge in [-0.05, 0) is 30.2 Å². The van der Waals surface area contributed by atoms with Gasteiger partial charge in [0, 0.05) is 16.9 Å². The normalized spacial score (nSPS) is 11.6. The number of carbonyl (C=O) groups excluding carboxylic acids is 1. The molecule has 16 heavy (non-hydrogen) atoms. The van der Waals surface area contributed by atoms with Crippen molar-refractivity contribution >= 4 is 17.4 Å². The predicted molar refractivity (Wildman–Crippen MR) is 64.2 cm³/mol. The number of hydrogen-bond donors (Lipinski definition) is 0. The summed E-state index contributed by atoms with van der Waals surface area (Å²) in [6, 6.07) is 4.29. The highest BCUT2D eigenvalue weighted by Gasteiger charge is 2.25. The third-order valence-electron chi connectivity index (χ3n) is 3.00. The van der Waals surface area contributed by atoms with E-state index in [1.54, 1.807) is 0 Å². The lowest BCUT2D eigenvalue weighted by Crippen LogP contribution is -2.25. The molecule has 1 rings (SSSR count). The van der Waals surface area contributed by atoms with Crippen LogP contribution in [0.5, 0.6) is 0 Å². The van der Waals surface area contributed by atoms with Crippen LogP contribution in [0.15, 0.2) is 18.2 Å².